The molecule has 0 saturated carbocycles. The number of benzene rings is 1. The minimum absolute atomic E-state index is 0.0232. The maximum atomic E-state index is 10.9. The van der Waals surface area contributed by atoms with Crippen molar-refractivity contribution in [1.29, 1.82) is 0 Å². The Morgan fingerprint density at radius 3 is 2.89 bits per heavy atom. The normalized spacial score (nSPS) is 10.3. The smallest absolute Gasteiger partial charge is 0.358 e. The lowest BCUT2D eigenvalue weighted by molar-refractivity contribution is 0.0689. The molecule has 0 aliphatic carbocycles. The van der Waals surface area contributed by atoms with E-state index in [0.717, 1.165) is 17.7 Å². The fraction of sp³-hybridized carbons (Fsp3) is 0.231. The van der Waals surface area contributed by atoms with Crippen LogP contribution in [0.15, 0.2) is 35.1 Å². The van der Waals surface area contributed by atoms with Gasteiger partial charge in [-0.05, 0) is 18.1 Å². The van der Waals surface area contributed by atoms with Crippen molar-refractivity contribution in [3.05, 3.63) is 47.7 Å². The molecule has 0 spiro atoms. The van der Waals surface area contributed by atoms with E-state index in [2.05, 4.69) is 4.98 Å². The van der Waals surface area contributed by atoms with E-state index in [9.17, 15) is 4.79 Å². The van der Waals surface area contributed by atoms with E-state index >= 15 is 0 Å². The third kappa shape index (κ3) is 2.51. The predicted molar refractivity (Wildman–Crippen MR) is 63.9 cm³/mol. The van der Waals surface area contributed by atoms with Crippen molar-refractivity contribution in [1.82, 2.24) is 4.98 Å². The van der Waals surface area contributed by atoms with E-state index in [1.54, 1.807) is 7.11 Å². The van der Waals surface area contributed by atoms with Crippen LogP contribution in [0.1, 0.15) is 21.8 Å². The van der Waals surface area contributed by atoms with Crippen LogP contribution in [0, 0.1) is 0 Å². The first kappa shape index (κ1) is 12.2. The number of para-hydroxylation sites is 1. The first-order valence-corrected chi connectivity index (χ1v) is 5.50. The highest BCUT2D eigenvalue weighted by atomic mass is 16.5. The Bertz CT molecular complexity index is 547. The molecule has 1 aromatic carbocycles. The number of nitrogens with zero attached hydrogens (tertiary/aromatic N) is 1. The molecule has 0 radical (unpaired) electrons. The summed E-state index contributed by atoms with van der Waals surface area (Å²) >= 11 is 0. The van der Waals surface area contributed by atoms with E-state index in [-0.39, 0.29) is 5.69 Å². The SMILES string of the molecule is COc1ccccc1CCc1ocnc1C(=O)O. The lowest BCUT2D eigenvalue weighted by Crippen LogP contribution is -2.03. The summed E-state index contributed by atoms with van der Waals surface area (Å²) in [6.45, 7) is 0. The molecule has 0 unspecified atom stereocenters. The molecule has 0 aliphatic heterocycles. The molecule has 0 atom stereocenters. The molecule has 5 nitrogen and oxygen atoms in total. The van der Waals surface area contributed by atoms with Crippen LogP contribution in [0.5, 0.6) is 5.75 Å². The van der Waals surface area contributed by atoms with E-state index in [4.69, 9.17) is 14.3 Å². The summed E-state index contributed by atoms with van der Waals surface area (Å²) < 4.78 is 10.3. The van der Waals surface area contributed by atoms with Crippen LogP contribution in [0.3, 0.4) is 0 Å². The largest absolute Gasteiger partial charge is 0.496 e. The van der Waals surface area contributed by atoms with Crippen LogP contribution in [0.25, 0.3) is 0 Å². The zero-order valence-corrected chi connectivity index (χ0v) is 9.92. The minimum Gasteiger partial charge on any atom is -0.496 e. The van der Waals surface area contributed by atoms with Crippen molar-refractivity contribution >= 4 is 5.97 Å². The van der Waals surface area contributed by atoms with Gasteiger partial charge in [-0.2, -0.15) is 0 Å². The summed E-state index contributed by atoms with van der Waals surface area (Å²) in [5.74, 6) is 0.0982. The lowest BCUT2D eigenvalue weighted by Gasteiger charge is -2.06. The van der Waals surface area contributed by atoms with Crippen molar-refractivity contribution in [3.8, 4) is 5.75 Å². The van der Waals surface area contributed by atoms with Gasteiger partial charge in [0.05, 0.1) is 7.11 Å². The van der Waals surface area contributed by atoms with Gasteiger partial charge in [0.25, 0.3) is 0 Å². The maximum absolute atomic E-state index is 10.9. The molecule has 0 fully saturated rings. The van der Waals surface area contributed by atoms with Crippen molar-refractivity contribution in [2.75, 3.05) is 7.11 Å². The fourth-order valence-electron chi connectivity index (χ4n) is 1.78. The molecule has 0 aliphatic rings. The van der Waals surface area contributed by atoms with Gasteiger partial charge in [-0.1, -0.05) is 18.2 Å². The zero-order valence-electron chi connectivity index (χ0n) is 9.92. The van der Waals surface area contributed by atoms with Crippen molar-refractivity contribution < 1.29 is 19.1 Å². The number of oxazole rings is 1. The number of carboxylic acid groups (broad SMARTS) is 1. The number of aryl methyl sites for hydroxylation is 2. The average molecular weight is 247 g/mol. The zero-order chi connectivity index (χ0) is 13.0. The summed E-state index contributed by atoms with van der Waals surface area (Å²) in [4.78, 5) is 14.5. The first-order chi connectivity index (χ1) is 8.72. The van der Waals surface area contributed by atoms with Gasteiger partial charge >= 0.3 is 5.97 Å². The number of hydrogen-bond acceptors (Lipinski definition) is 4. The third-order valence-corrected chi connectivity index (χ3v) is 2.66. The third-order valence-electron chi connectivity index (χ3n) is 2.66. The molecule has 0 bridgehead atoms. The Balaban J connectivity index is 2.11. The Hall–Kier alpha value is -2.30. The van der Waals surface area contributed by atoms with E-state index in [0.29, 0.717) is 18.6 Å². The molecular formula is C13H13NO4. The van der Waals surface area contributed by atoms with Gasteiger partial charge in [-0.3, -0.25) is 0 Å². The number of carboxylic acids is 1. The Morgan fingerprint density at radius 1 is 1.39 bits per heavy atom. The number of carbonyl (C=O) groups is 1. The molecule has 1 heterocycles. The molecule has 1 aromatic heterocycles. The number of aromatic carboxylic acids is 1. The quantitative estimate of drug-likeness (QED) is 0.876. The second kappa shape index (κ2) is 5.35. The number of rotatable bonds is 5. The van der Waals surface area contributed by atoms with Gasteiger partial charge < -0.3 is 14.3 Å². The molecule has 0 saturated heterocycles. The number of aromatic nitrogens is 1. The summed E-state index contributed by atoms with van der Waals surface area (Å²) in [5.41, 5.74) is 0.984. The van der Waals surface area contributed by atoms with Gasteiger partial charge in [0.2, 0.25) is 0 Å². The first-order valence-electron chi connectivity index (χ1n) is 5.50. The molecule has 1 N–H and O–H groups in total. The summed E-state index contributed by atoms with van der Waals surface area (Å²) in [6.07, 6.45) is 2.27. The molecule has 18 heavy (non-hydrogen) atoms. The molecular weight excluding hydrogens is 234 g/mol. The molecule has 2 aromatic rings. The summed E-state index contributed by atoms with van der Waals surface area (Å²) in [7, 11) is 1.61. The highest BCUT2D eigenvalue weighted by molar-refractivity contribution is 5.86. The highest BCUT2D eigenvalue weighted by Gasteiger charge is 2.15. The molecule has 2 rings (SSSR count). The Labute approximate surface area is 104 Å². The van der Waals surface area contributed by atoms with E-state index in [1.807, 2.05) is 24.3 Å². The average Bonchev–Trinajstić information content (AvgIpc) is 2.85. The van der Waals surface area contributed by atoms with Crippen LogP contribution in [-0.2, 0) is 12.8 Å². The highest BCUT2D eigenvalue weighted by Crippen LogP contribution is 2.20. The standard InChI is InChI=1S/C13H13NO4/c1-17-10-5-3-2-4-9(10)6-7-11-12(13(15)16)14-8-18-11/h2-5,8H,6-7H2,1H3,(H,15,16). The Kier molecular flexibility index (Phi) is 3.62. The number of ether oxygens (including phenoxy) is 1. The van der Waals surface area contributed by atoms with Gasteiger partial charge in [-0.25, -0.2) is 9.78 Å². The van der Waals surface area contributed by atoms with Gasteiger partial charge in [0.1, 0.15) is 11.5 Å². The second-order valence-corrected chi connectivity index (χ2v) is 3.74. The van der Waals surface area contributed by atoms with Crippen LogP contribution in [-0.4, -0.2) is 23.2 Å². The van der Waals surface area contributed by atoms with Gasteiger partial charge in [0.15, 0.2) is 12.1 Å². The minimum atomic E-state index is -1.07. The van der Waals surface area contributed by atoms with Crippen molar-refractivity contribution in [2.24, 2.45) is 0 Å². The molecule has 94 valence electrons. The van der Waals surface area contributed by atoms with Gasteiger partial charge in [-0.15, -0.1) is 0 Å². The molecule has 5 heteroatoms. The van der Waals surface area contributed by atoms with E-state index in [1.165, 1.54) is 0 Å². The topological polar surface area (TPSA) is 72.6 Å². The maximum Gasteiger partial charge on any atom is 0.358 e. The monoisotopic (exact) mass is 247 g/mol. The van der Waals surface area contributed by atoms with Crippen molar-refractivity contribution in [3.63, 3.8) is 0 Å². The van der Waals surface area contributed by atoms with Crippen LogP contribution in [0.4, 0.5) is 0 Å². The van der Waals surface area contributed by atoms with Crippen LogP contribution >= 0.6 is 0 Å². The summed E-state index contributed by atoms with van der Waals surface area (Å²) in [5, 5.41) is 8.91. The Morgan fingerprint density at radius 2 is 2.17 bits per heavy atom. The van der Waals surface area contributed by atoms with Crippen LogP contribution in [0.2, 0.25) is 0 Å². The molecule has 0 amide bonds. The van der Waals surface area contributed by atoms with Crippen molar-refractivity contribution in [2.45, 2.75) is 12.8 Å². The fourth-order valence-corrected chi connectivity index (χ4v) is 1.78. The van der Waals surface area contributed by atoms with E-state index < -0.39 is 5.97 Å². The second-order valence-electron chi connectivity index (χ2n) is 3.74. The predicted octanol–water partition coefficient (Wildman–Crippen LogP) is 2.17. The number of methoxy groups -OCH3 is 1. The van der Waals surface area contributed by atoms with Crippen LogP contribution < -0.4 is 4.74 Å². The lowest BCUT2D eigenvalue weighted by atomic mass is 10.1. The number of hydrogen-bond donors (Lipinski definition) is 1. The van der Waals surface area contributed by atoms with Gasteiger partial charge in [0, 0.05) is 6.42 Å². The summed E-state index contributed by atoms with van der Waals surface area (Å²) in [6, 6.07) is 7.61.